The van der Waals surface area contributed by atoms with Gasteiger partial charge in [0.2, 0.25) is 5.91 Å². The number of halogens is 1. The monoisotopic (exact) mass is 303 g/mol. The van der Waals surface area contributed by atoms with E-state index in [-0.39, 0.29) is 18.3 Å². The first-order valence-corrected chi connectivity index (χ1v) is 6.82. The number of anilines is 1. The second kappa shape index (κ2) is 5.25. The third kappa shape index (κ3) is 2.69. The molecule has 0 atom stereocenters. The molecule has 1 aliphatic rings. The Bertz CT molecular complexity index is 720. The molecule has 0 aliphatic heterocycles. The van der Waals surface area contributed by atoms with Gasteiger partial charge in [-0.1, -0.05) is 12.1 Å². The third-order valence-electron chi connectivity index (χ3n) is 3.76. The van der Waals surface area contributed by atoms with Gasteiger partial charge in [-0.25, -0.2) is 4.39 Å². The highest BCUT2D eigenvalue weighted by Gasteiger charge is 2.51. The van der Waals surface area contributed by atoms with Crippen LogP contribution in [0.3, 0.4) is 0 Å². The van der Waals surface area contributed by atoms with Crippen molar-refractivity contribution in [2.24, 2.45) is 0 Å². The summed E-state index contributed by atoms with van der Waals surface area (Å²) in [5.41, 5.74) is 0.140. The molecule has 2 N–H and O–H groups in total. The summed E-state index contributed by atoms with van der Waals surface area (Å²) in [6.07, 6.45) is 2.88. The van der Waals surface area contributed by atoms with Gasteiger partial charge in [0.25, 0.3) is 0 Å². The molecule has 0 spiro atoms. The number of nitrogens with one attached hydrogen (secondary N) is 1. The zero-order valence-corrected chi connectivity index (χ0v) is 11.6. The Morgan fingerprint density at radius 3 is 2.55 bits per heavy atom. The van der Waals surface area contributed by atoms with Crippen molar-refractivity contribution in [1.82, 2.24) is 9.78 Å². The SMILES string of the molecule is O=C(O)Cn1ccc(NC(=O)C2(c3ccc(F)cc3)CC2)n1. The number of nitrogens with zero attached hydrogens (tertiary/aromatic N) is 2. The first-order valence-electron chi connectivity index (χ1n) is 6.82. The van der Waals surface area contributed by atoms with Crippen LogP contribution >= 0.6 is 0 Å². The maximum Gasteiger partial charge on any atom is 0.325 e. The van der Waals surface area contributed by atoms with Crippen LogP contribution in [0.4, 0.5) is 10.2 Å². The predicted molar refractivity (Wildman–Crippen MR) is 75.8 cm³/mol. The molecule has 3 rings (SSSR count). The quantitative estimate of drug-likeness (QED) is 0.882. The highest BCUT2D eigenvalue weighted by molar-refractivity contribution is 6.00. The van der Waals surface area contributed by atoms with Gasteiger partial charge in [-0.05, 0) is 30.5 Å². The number of hydrogen-bond acceptors (Lipinski definition) is 3. The topological polar surface area (TPSA) is 84.2 Å². The molecule has 2 aromatic rings. The van der Waals surface area contributed by atoms with Crippen molar-refractivity contribution in [2.45, 2.75) is 24.8 Å². The van der Waals surface area contributed by atoms with Crippen LogP contribution in [0.15, 0.2) is 36.5 Å². The van der Waals surface area contributed by atoms with E-state index in [4.69, 9.17) is 5.11 Å². The van der Waals surface area contributed by atoms with Crippen molar-refractivity contribution in [3.05, 3.63) is 47.9 Å². The van der Waals surface area contributed by atoms with Crippen molar-refractivity contribution in [3.8, 4) is 0 Å². The lowest BCUT2D eigenvalue weighted by atomic mass is 9.95. The van der Waals surface area contributed by atoms with Gasteiger partial charge in [-0.15, -0.1) is 0 Å². The smallest absolute Gasteiger partial charge is 0.325 e. The molecule has 22 heavy (non-hydrogen) atoms. The van der Waals surface area contributed by atoms with E-state index in [1.807, 2.05) is 0 Å². The van der Waals surface area contributed by atoms with Gasteiger partial charge >= 0.3 is 5.97 Å². The molecule has 114 valence electrons. The first kappa shape index (κ1) is 14.2. The Hall–Kier alpha value is -2.70. The van der Waals surface area contributed by atoms with Crippen molar-refractivity contribution < 1.29 is 19.1 Å². The number of aliphatic carboxylic acids is 1. The molecular weight excluding hydrogens is 289 g/mol. The van der Waals surface area contributed by atoms with Crippen LogP contribution < -0.4 is 5.32 Å². The van der Waals surface area contributed by atoms with Gasteiger partial charge < -0.3 is 10.4 Å². The Labute approximate surface area is 125 Å². The number of benzene rings is 1. The second-order valence-electron chi connectivity index (χ2n) is 5.34. The van der Waals surface area contributed by atoms with E-state index in [0.29, 0.717) is 18.7 Å². The molecule has 1 aromatic heterocycles. The van der Waals surface area contributed by atoms with Crippen LogP contribution in [0, 0.1) is 5.82 Å². The average molecular weight is 303 g/mol. The number of carboxylic acid groups (broad SMARTS) is 1. The van der Waals surface area contributed by atoms with Crippen LogP contribution in [-0.2, 0) is 21.5 Å². The fraction of sp³-hybridized carbons (Fsp3) is 0.267. The Balaban J connectivity index is 1.73. The number of rotatable bonds is 5. The summed E-state index contributed by atoms with van der Waals surface area (Å²) in [5, 5.41) is 15.4. The first-order chi connectivity index (χ1) is 10.5. The molecule has 1 aliphatic carbocycles. The minimum absolute atomic E-state index is 0.209. The van der Waals surface area contributed by atoms with Crippen molar-refractivity contribution in [2.75, 3.05) is 5.32 Å². The van der Waals surface area contributed by atoms with E-state index in [1.165, 1.54) is 23.0 Å². The van der Waals surface area contributed by atoms with E-state index in [0.717, 1.165) is 5.56 Å². The molecule has 1 saturated carbocycles. The van der Waals surface area contributed by atoms with Crippen molar-refractivity contribution >= 4 is 17.7 Å². The number of aromatic nitrogens is 2. The summed E-state index contributed by atoms with van der Waals surface area (Å²) in [5.74, 6) is -1.25. The van der Waals surface area contributed by atoms with E-state index < -0.39 is 11.4 Å². The molecule has 6 nitrogen and oxygen atoms in total. The van der Waals surface area contributed by atoms with E-state index in [9.17, 15) is 14.0 Å². The summed E-state index contributed by atoms with van der Waals surface area (Å²) in [7, 11) is 0. The van der Waals surface area contributed by atoms with E-state index in [1.54, 1.807) is 18.2 Å². The van der Waals surface area contributed by atoms with Gasteiger partial charge in [0, 0.05) is 12.3 Å². The van der Waals surface area contributed by atoms with Gasteiger partial charge in [-0.3, -0.25) is 14.3 Å². The molecule has 1 amide bonds. The van der Waals surface area contributed by atoms with E-state index in [2.05, 4.69) is 10.4 Å². The Morgan fingerprint density at radius 2 is 1.95 bits per heavy atom. The summed E-state index contributed by atoms with van der Waals surface area (Å²) < 4.78 is 14.2. The minimum Gasteiger partial charge on any atom is -0.480 e. The molecule has 7 heteroatoms. The summed E-state index contributed by atoms with van der Waals surface area (Å²) in [4.78, 5) is 23.0. The fourth-order valence-corrected chi connectivity index (χ4v) is 2.43. The summed E-state index contributed by atoms with van der Waals surface area (Å²) >= 11 is 0. The lowest BCUT2D eigenvalue weighted by Crippen LogP contribution is -2.28. The number of carbonyl (C=O) groups is 2. The second-order valence-corrected chi connectivity index (χ2v) is 5.34. The highest BCUT2D eigenvalue weighted by Crippen LogP contribution is 2.48. The predicted octanol–water partition coefficient (Wildman–Crippen LogP) is 1.78. The fourth-order valence-electron chi connectivity index (χ4n) is 2.43. The molecular formula is C15H14FN3O3. The van der Waals surface area contributed by atoms with Crippen LogP contribution in [0.2, 0.25) is 0 Å². The van der Waals surface area contributed by atoms with Crippen LogP contribution in [0.25, 0.3) is 0 Å². The molecule has 0 radical (unpaired) electrons. The van der Waals surface area contributed by atoms with Crippen LogP contribution in [0.1, 0.15) is 18.4 Å². The summed E-state index contributed by atoms with van der Waals surface area (Å²) in [6, 6.07) is 7.45. The van der Waals surface area contributed by atoms with Crippen molar-refractivity contribution in [3.63, 3.8) is 0 Å². The molecule has 1 aromatic carbocycles. The lowest BCUT2D eigenvalue weighted by molar-refractivity contribution is -0.137. The molecule has 0 bridgehead atoms. The molecule has 0 saturated heterocycles. The number of amides is 1. The zero-order valence-electron chi connectivity index (χ0n) is 11.6. The molecule has 1 fully saturated rings. The average Bonchev–Trinajstić information content (AvgIpc) is 3.17. The lowest BCUT2D eigenvalue weighted by Gasteiger charge is -2.14. The zero-order chi connectivity index (χ0) is 15.7. The van der Waals surface area contributed by atoms with Gasteiger partial charge in [0.1, 0.15) is 12.4 Å². The molecule has 1 heterocycles. The largest absolute Gasteiger partial charge is 0.480 e. The van der Waals surface area contributed by atoms with Gasteiger partial charge in [0.15, 0.2) is 5.82 Å². The number of carboxylic acids is 1. The maximum absolute atomic E-state index is 13.0. The maximum atomic E-state index is 13.0. The normalized spacial score (nSPS) is 15.3. The number of hydrogen-bond donors (Lipinski definition) is 2. The Morgan fingerprint density at radius 1 is 1.27 bits per heavy atom. The van der Waals surface area contributed by atoms with E-state index >= 15 is 0 Å². The number of carbonyl (C=O) groups excluding carboxylic acids is 1. The van der Waals surface area contributed by atoms with Crippen molar-refractivity contribution in [1.29, 1.82) is 0 Å². The summed E-state index contributed by atoms with van der Waals surface area (Å²) in [6.45, 7) is -0.265. The van der Waals surface area contributed by atoms with Gasteiger partial charge in [0.05, 0.1) is 5.41 Å². The highest BCUT2D eigenvalue weighted by atomic mass is 19.1. The van der Waals surface area contributed by atoms with Crippen LogP contribution in [-0.4, -0.2) is 26.8 Å². The third-order valence-corrected chi connectivity index (χ3v) is 3.76. The van der Waals surface area contributed by atoms with Gasteiger partial charge in [-0.2, -0.15) is 5.10 Å². The van der Waals surface area contributed by atoms with Crippen LogP contribution in [0.5, 0.6) is 0 Å². The standard InChI is InChI=1S/C15H14FN3O3/c16-11-3-1-10(2-4-11)15(6-7-15)14(22)17-12-5-8-19(18-12)9-13(20)21/h1-5,8H,6-7,9H2,(H,20,21)(H,17,18,22). The minimum atomic E-state index is -1.01. The Kier molecular flexibility index (Phi) is 3.40. The molecule has 0 unspecified atom stereocenters.